The lowest BCUT2D eigenvalue weighted by atomic mass is 10.0. The molecule has 2 aliphatic carbocycles. The Kier molecular flexibility index (Phi) is 14.7. The molecule has 0 bridgehead atoms. The fourth-order valence-corrected chi connectivity index (χ4v) is 4.27. The molecule has 1 saturated carbocycles. The number of nitrogens with zero attached hydrogens (tertiary/aromatic N) is 1. The first-order valence-electron chi connectivity index (χ1n) is 13.0. The molecule has 2 heteroatoms. The normalized spacial score (nSPS) is 24.2. The largest absolute Gasteiger partial charge is 0.308 e. The minimum Gasteiger partial charge on any atom is -0.308 e. The highest BCUT2D eigenvalue weighted by Gasteiger charge is 2.14. The highest BCUT2D eigenvalue weighted by Crippen LogP contribution is 2.18. The monoisotopic (exact) mass is 422 g/mol. The van der Waals surface area contributed by atoms with E-state index in [1.165, 1.54) is 95.6 Å². The van der Waals surface area contributed by atoms with Gasteiger partial charge in [-0.15, -0.1) is 0 Å². The molecule has 0 spiro atoms. The summed E-state index contributed by atoms with van der Waals surface area (Å²) in [5.74, 6) is 0. The molecule has 2 nitrogen and oxygen atoms in total. The van der Waals surface area contributed by atoms with Gasteiger partial charge in [-0.05, 0) is 31.4 Å². The lowest BCUT2D eigenvalue weighted by Gasteiger charge is -2.32. The van der Waals surface area contributed by atoms with Gasteiger partial charge in [-0.25, -0.2) is 5.43 Å². The molecule has 1 N–H and O–H groups in total. The Morgan fingerprint density at radius 1 is 0.677 bits per heavy atom. The Morgan fingerprint density at radius 2 is 1.16 bits per heavy atom. The van der Waals surface area contributed by atoms with Crippen molar-refractivity contribution in [1.82, 2.24) is 10.4 Å². The summed E-state index contributed by atoms with van der Waals surface area (Å²) in [5, 5.41) is 2.42. The molecule has 2 rings (SSSR count). The zero-order valence-corrected chi connectivity index (χ0v) is 20.0. The van der Waals surface area contributed by atoms with Crippen molar-refractivity contribution in [2.24, 2.45) is 0 Å². The van der Waals surface area contributed by atoms with Gasteiger partial charge in [0.15, 0.2) is 0 Å². The Balaban J connectivity index is 2.09. The van der Waals surface area contributed by atoms with Crippen molar-refractivity contribution >= 4 is 0 Å². The lowest BCUT2D eigenvalue weighted by Crippen LogP contribution is -2.44. The maximum absolute atomic E-state index is 3.96. The number of nitrogens with one attached hydrogen (secondary N) is 1. The molecule has 0 aromatic rings. The van der Waals surface area contributed by atoms with Crippen LogP contribution in [0.25, 0.3) is 0 Å². The summed E-state index contributed by atoms with van der Waals surface area (Å²) < 4.78 is 0. The Hall–Kier alpha value is -1.80. The van der Waals surface area contributed by atoms with Crippen molar-refractivity contribution in [3.8, 4) is 0 Å². The fourth-order valence-electron chi connectivity index (χ4n) is 4.27. The van der Waals surface area contributed by atoms with Crippen molar-refractivity contribution in [3.05, 3.63) is 72.5 Å². The maximum atomic E-state index is 3.96. The van der Waals surface area contributed by atoms with Crippen LogP contribution >= 0.6 is 0 Å². The topological polar surface area (TPSA) is 15.3 Å². The van der Waals surface area contributed by atoms with Gasteiger partial charge in [-0.3, -0.25) is 0 Å². The summed E-state index contributed by atoms with van der Waals surface area (Å²) in [6.07, 6.45) is 42.5. The van der Waals surface area contributed by atoms with E-state index in [-0.39, 0.29) is 0 Å². The number of hydrogen-bond acceptors (Lipinski definition) is 2. The molecule has 2 aliphatic rings. The van der Waals surface area contributed by atoms with E-state index in [0.717, 1.165) is 6.54 Å². The average Bonchev–Trinajstić information content (AvgIpc) is 2.79. The van der Waals surface area contributed by atoms with Gasteiger partial charge in [0, 0.05) is 12.6 Å². The molecular weight excluding hydrogens is 376 g/mol. The van der Waals surface area contributed by atoms with Crippen LogP contribution in [0.3, 0.4) is 0 Å². The van der Waals surface area contributed by atoms with E-state index < -0.39 is 0 Å². The summed E-state index contributed by atoms with van der Waals surface area (Å²) in [5.41, 5.74) is 5.21. The van der Waals surface area contributed by atoms with Crippen LogP contribution in [0.5, 0.6) is 0 Å². The summed E-state index contributed by atoms with van der Waals surface area (Å²) in [7, 11) is 0. The summed E-state index contributed by atoms with van der Waals surface area (Å²) in [6, 6.07) is 0.579. The van der Waals surface area contributed by atoms with Crippen LogP contribution in [0, 0.1) is 0 Å². The molecule has 0 heterocycles. The van der Waals surface area contributed by atoms with Crippen LogP contribution in [-0.4, -0.2) is 17.6 Å². The van der Waals surface area contributed by atoms with Gasteiger partial charge in [0.2, 0.25) is 0 Å². The molecule has 31 heavy (non-hydrogen) atoms. The number of unbranched alkanes of at least 4 members (excludes halogenated alkanes) is 1. The molecule has 172 valence electrons. The Morgan fingerprint density at radius 3 is 1.71 bits per heavy atom. The second kappa shape index (κ2) is 17.8. The minimum atomic E-state index is 0.579. The maximum Gasteiger partial charge on any atom is 0.0519 e. The first-order valence-corrected chi connectivity index (χ1v) is 13.0. The zero-order valence-electron chi connectivity index (χ0n) is 20.0. The SMILES string of the molecule is CCCCN(NC1CCCCCCCCCCCC1)C1=C\C=C/C=C\C=C/C=C\C=C1. The zero-order chi connectivity index (χ0) is 21.8. The van der Waals surface area contributed by atoms with Crippen LogP contribution in [0.2, 0.25) is 0 Å². The average molecular weight is 423 g/mol. The number of rotatable bonds is 6. The third-order valence-corrected chi connectivity index (χ3v) is 6.16. The number of hydrazine groups is 1. The predicted molar refractivity (Wildman–Crippen MR) is 138 cm³/mol. The van der Waals surface area contributed by atoms with Crippen molar-refractivity contribution in [2.75, 3.05) is 6.54 Å². The first kappa shape index (κ1) is 25.5. The minimum absolute atomic E-state index is 0.579. The highest BCUT2D eigenvalue weighted by molar-refractivity contribution is 5.29. The molecule has 0 unspecified atom stereocenters. The van der Waals surface area contributed by atoms with E-state index in [1.54, 1.807) is 0 Å². The molecule has 0 aliphatic heterocycles. The fraction of sp³-hybridized carbons (Fsp3) is 0.586. The van der Waals surface area contributed by atoms with E-state index in [4.69, 9.17) is 0 Å². The van der Waals surface area contributed by atoms with E-state index >= 15 is 0 Å². The van der Waals surface area contributed by atoms with Gasteiger partial charge in [-0.2, -0.15) is 0 Å². The highest BCUT2D eigenvalue weighted by atomic mass is 15.5. The Labute approximate surface area is 192 Å². The van der Waals surface area contributed by atoms with Crippen molar-refractivity contribution in [1.29, 1.82) is 0 Å². The standard InChI is InChI=1S/C29H46N2/c1-2-3-27-31(29-25-21-17-13-9-6-10-14-18-22-26-29)30-28-23-19-15-11-7-4-5-8-12-16-20-24-28/h6,9-10,13-14,17-18,21-22,25-26,28,30H,2-5,7-8,11-12,15-16,19-20,23-24,27H2,1H3/b9-6-,10-6?,13-9?,14-10-,17-13-,18-14?,21-17?,22-18-,25-21?,26-22?,29-25?,29-26?. The third-order valence-electron chi connectivity index (χ3n) is 6.16. The van der Waals surface area contributed by atoms with Gasteiger partial charge in [0.25, 0.3) is 0 Å². The molecule has 1 fully saturated rings. The van der Waals surface area contributed by atoms with Crippen LogP contribution in [0.1, 0.15) is 96.8 Å². The van der Waals surface area contributed by atoms with E-state index in [0.29, 0.717) is 6.04 Å². The third kappa shape index (κ3) is 12.6. The molecule has 0 aromatic heterocycles. The van der Waals surface area contributed by atoms with Crippen LogP contribution < -0.4 is 5.43 Å². The molecule has 0 radical (unpaired) electrons. The predicted octanol–water partition coefficient (Wildman–Crippen LogP) is 8.34. The molecule has 0 amide bonds. The number of hydrogen-bond donors (Lipinski definition) is 1. The van der Waals surface area contributed by atoms with Gasteiger partial charge in [-0.1, -0.05) is 132 Å². The van der Waals surface area contributed by atoms with Gasteiger partial charge in [0.05, 0.1) is 5.70 Å². The van der Waals surface area contributed by atoms with Crippen LogP contribution in [-0.2, 0) is 0 Å². The first-order chi connectivity index (χ1) is 15.4. The molecule has 0 aromatic carbocycles. The summed E-state index contributed by atoms with van der Waals surface area (Å²) >= 11 is 0. The van der Waals surface area contributed by atoms with Gasteiger partial charge >= 0.3 is 0 Å². The van der Waals surface area contributed by atoms with Crippen LogP contribution in [0.4, 0.5) is 0 Å². The number of allylic oxidation sites excluding steroid dienone is 11. The smallest absolute Gasteiger partial charge is 0.0519 e. The van der Waals surface area contributed by atoms with Crippen LogP contribution in [0.15, 0.2) is 72.5 Å². The van der Waals surface area contributed by atoms with Gasteiger partial charge < -0.3 is 5.01 Å². The second-order valence-electron chi connectivity index (χ2n) is 8.93. The van der Waals surface area contributed by atoms with Crippen molar-refractivity contribution in [3.63, 3.8) is 0 Å². The molecule has 0 saturated heterocycles. The van der Waals surface area contributed by atoms with E-state index in [1.807, 2.05) is 0 Å². The van der Waals surface area contributed by atoms with E-state index in [9.17, 15) is 0 Å². The molecular formula is C29H46N2. The second-order valence-corrected chi connectivity index (χ2v) is 8.93. The summed E-state index contributed by atoms with van der Waals surface area (Å²) in [6.45, 7) is 3.33. The molecule has 0 atom stereocenters. The quantitative estimate of drug-likeness (QED) is 0.433. The van der Waals surface area contributed by atoms with E-state index in [2.05, 4.69) is 84.2 Å². The summed E-state index contributed by atoms with van der Waals surface area (Å²) in [4.78, 5) is 0. The lowest BCUT2D eigenvalue weighted by molar-refractivity contribution is 0.193. The Bertz CT molecular complexity index is 607. The van der Waals surface area contributed by atoms with Gasteiger partial charge in [0.1, 0.15) is 0 Å². The van der Waals surface area contributed by atoms with Crippen molar-refractivity contribution in [2.45, 2.75) is 103 Å². The van der Waals surface area contributed by atoms with Crippen molar-refractivity contribution < 1.29 is 0 Å².